The lowest BCUT2D eigenvalue weighted by atomic mass is 9.49. The molecule has 0 radical (unpaired) electrons. The fraction of sp³-hybridized carbons (Fsp3) is 0.806. The first-order valence-corrected chi connectivity index (χ1v) is 17.5. The van der Waals surface area contributed by atoms with Gasteiger partial charge in [-0.25, -0.2) is 4.79 Å². The standard InChI is InChI=1S/C36H51NO10/c1-18-6-9-27-33(3,41)29-20(17-37(27)16-18)21-14-35-30(34(21,42)15-23(29)39)22(38)13-26-32(35,2)11-10-28(36(26,43)47-35)46-31(40)19-7-8-24(44-4)25(12-19)45-5/h7-8,12,18,20-23,26-30,38-39,41-43H,6,9-11,13-17H2,1-5H3. The molecular formula is C36H51NO10. The number of aliphatic hydroxyl groups excluding tert-OH is 2. The number of rotatable bonds is 4. The minimum Gasteiger partial charge on any atom is -0.493 e. The van der Waals surface area contributed by atoms with E-state index in [1.807, 2.05) is 6.92 Å². The number of hydrogen-bond acceptors (Lipinski definition) is 11. The molecule has 4 bridgehead atoms. The lowest BCUT2D eigenvalue weighted by Crippen LogP contribution is -2.72. The van der Waals surface area contributed by atoms with Crippen LogP contribution < -0.4 is 9.47 Å². The Bertz CT molecular complexity index is 1450. The smallest absolute Gasteiger partial charge is 0.338 e. The van der Waals surface area contributed by atoms with Gasteiger partial charge in [0, 0.05) is 48.7 Å². The molecule has 47 heavy (non-hydrogen) atoms. The molecule has 0 amide bonds. The number of piperidine rings is 2. The molecule has 3 heterocycles. The average molecular weight is 658 g/mol. The van der Waals surface area contributed by atoms with Gasteiger partial charge in [-0.15, -0.1) is 0 Å². The molecule has 3 aliphatic heterocycles. The molecule has 11 heteroatoms. The lowest BCUT2D eigenvalue weighted by Gasteiger charge is -2.62. The van der Waals surface area contributed by atoms with Crippen LogP contribution >= 0.6 is 0 Å². The van der Waals surface area contributed by atoms with E-state index in [1.165, 1.54) is 20.3 Å². The molecule has 4 aliphatic carbocycles. The van der Waals surface area contributed by atoms with Crippen molar-refractivity contribution in [2.24, 2.45) is 40.9 Å². The van der Waals surface area contributed by atoms with Crippen LogP contribution in [0.25, 0.3) is 0 Å². The highest BCUT2D eigenvalue weighted by Crippen LogP contribution is 2.77. The number of fused-ring (bicyclic) bond motifs is 5. The number of esters is 1. The van der Waals surface area contributed by atoms with Crippen LogP contribution in [0, 0.1) is 40.9 Å². The Hall–Kier alpha value is -1.99. The van der Waals surface area contributed by atoms with Crippen molar-refractivity contribution in [1.82, 2.24) is 4.90 Å². The summed E-state index contributed by atoms with van der Waals surface area (Å²) in [5, 5.41) is 61.1. The molecule has 5 N–H and O–H groups in total. The van der Waals surface area contributed by atoms with Crippen molar-refractivity contribution in [3.8, 4) is 11.5 Å². The first-order valence-electron chi connectivity index (χ1n) is 17.5. The van der Waals surface area contributed by atoms with Crippen LogP contribution in [-0.4, -0.2) is 111 Å². The van der Waals surface area contributed by atoms with Crippen LogP contribution in [0.15, 0.2) is 18.2 Å². The first-order chi connectivity index (χ1) is 22.1. The Kier molecular flexibility index (Phi) is 7.05. The monoisotopic (exact) mass is 657 g/mol. The molecular weight excluding hydrogens is 606 g/mol. The predicted octanol–water partition coefficient (Wildman–Crippen LogP) is 2.10. The molecule has 11 nitrogen and oxygen atoms in total. The summed E-state index contributed by atoms with van der Waals surface area (Å²) < 4.78 is 23.6. The van der Waals surface area contributed by atoms with Gasteiger partial charge < -0.3 is 44.5 Å². The Morgan fingerprint density at radius 1 is 0.979 bits per heavy atom. The molecule has 0 aromatic heterocycles. The minimum absolute atomic E-state index is 0.0296. The van der Waals surface area contributed by atoms with Crippen LogP contribution in [-0.2, 0) is 9.47 Å². The van der Waals surface area contributed by atoms with Crippen LogP contribution in [0.1, 0.15) is 76.1 Å². The molecule has 1 aromatic rings. The molecule has 15 unspecified atom stereocenters. The van der Waals surface area contributed by atoms with Crippen molar-refractivity contribution in [2.45, 2.75) is 113 Å². The molecule has 1 aromatic carbocycles. The summed E-state index contributed by atoms with van der Waals surface area (Å²) in [5.41, 5.74) is -4.09. The van der Waals surface area contributed by atoms with Crippen molar-refractivity contribution in [3.63, 3.8) is 0 Å². The fourth-order valence-corrected chi connectivity index (χ4v) is 12.7. The lowest BCUT2D eigenvalue weighted by molar-refractivity contribution is -0.284. The number of hydrogen-bond donors (Lipinski definition) is 5. The average Bonchev–Trinajstić information content (AvgIpc) is 3.28. The highest BCUT2D eigenvalue weighted by atomic mass is 16.7. The van der Waals surface area contributed by atoms with E-state index in [1.54, 1.807) is 12.1 Å². The summed E-state index contributed by atoms with van der Waals surface area (Å²) >= 11 is 0. The fourth-order valence-electron chi connectivity index (χ4n) is 12.7. The van der Waals surface area contributed by atoms with Gasteiger partial charge in [0.25, 0.3) is 0 Å². The SMILES string of the molecule is COc1ccc(C(=O)OC2CCC3(C)C4CC(O)C5C6(O)CC(O)C7C(CN8CC(C)CCC8C7(C)O)C6CC53OC24O)cc1OC. The summed E-state index contributed by atoms with van der Waals surface area (Å²) in [6.45, 7) is 7.68. The maximum atomic E-state index is 13.5. The third-order valence-electron chi connectivity index (χ3n) is 14.5. The number of methoxy groups -OCH3 is 2. The van der Waals surface area contributed by atoms with Gasteiger partial charge in [0.1, 0.15) is 0 Å². The number of ether oxygens (including phenoxy) is 4. The van der Waals surface area contributed by atoms with Gasteiger partial charge in [0.15, 0.2) is 17.6 Å². The summed E-state index contributed by atoms with van der Waals surface area (Å²) in [4.78, 5) is 15.8. The van der Waals surface area contributed by atoms with Crippen molar-refractivity contribution < 1.29 is 49.3 Å². The molecule has 260 valence electrons. The number of aliphatic hydroxyl groups is 5. The van der Waals surface area contributed by atoms with E-state index in [-0.39, 0.29) is 36.3 Å². The van der Waals surface area contributed by atoms with E-state index < -0.39 is 70.0 Å². The zero-order valence-electron chi connectivity index (χ0n) is 28.1. The number of benzene rings is 1. The maximum Gasteiger partial charge on any atom is 0.338 e. The van der Waals surface area contributed by atoms with E-state index in [9.17, 15) is 30.3 Å². The molecule has 15 atom stereocenters. The second-order valence-electron chi connectivity index (χ2n) is 16.6. The second kappa shape index (κ2) is 10.3. The normalized spacial score (nSPS) is 52.9. The summed E-state index contributed by atoms with van der Waals surface area (Å²) in [5.74, 6) is -3.49. The van der Waals surface area contributed by atoms with Gasteiger partial charge in [-0.1, -0.05) is 13.8 Å². The van der Waals surface area contributed by atoms with Crippen LogP contribution in [0.4, 0.5) is 0 Å². The zero-order chi connectivity index (χ0) is 33.5. The Morgan fingerprint density at radius 3 is 2.45 bits per heavy atom. The van der Waals surface area contributed by atoms with Crippen molar-refractivity contribution in [3.05, 3.63) is 23.8 Å². The van der Waals surface area contributed by atoms with E-state index in [2.05, 4.69) is 18.7 Å². The van der Waals surface area contributed by atoms with Gasteiger partial charge in [0.05, 0.1) is 48.8 Å². The minimum atomic E-state index is -1.87. The van der Waals surface area contributed by atoms with Crippen molar-refractivity contribution in [1.29, 1.82) is 0 Å². The summed E-state index contributed by atoms with van der Waals surface area (Å²) in [7, 11) is 3.00. The quantitative estimate of drug-likeness (QED) is 0.302. The molecule has 8 rings (SSSR count). The van der Waals surface area contributed by atoms with Crippen molar-refractivity contribution >= 4 is 5.97 Å². The van der Waals surface area contributed by atoms with Crippen LogP contribution in [0.2, 0.25) is 0 Å². The summed E-state index contributed by atoms with van der Waals surface area (Å²) in [6.07, 6.45) is 0.459. The molecule has 4 saturated carbocycles. The third kappa shape index (κ3) is 4.02. The van der Waals surface area contributed by atoms with Crippen LogP contribution in [0.5, 0.6) is 11.5 Å². The van der Waals surface area contributed by atoms with Gasteiger partial charge in [-0.05, 0) is 81.4 Å². The molecule has 1 spiro atoms. The van der Waals surface area contributed by atoms with E-state index in [4.69, 9.17) is 18.9 Å². The largest absolute Gasteiger partial charge is 0.493 e. The Balaban J connectivity index is 1.14. The van der Waals surface area contributed by atoms with Gasteiger partial charge in [-0.2, -0.15) is 0 Å². The second-order valence-corrected chi connectivity index (χ2v) is 16.6. The highest BCUT2D eigenvalue weighted by molar-refractivity contribution is 5.90. The van der Waals surface area contributed by atoms with E-state index in [0.29, 0.717) is 43.2 Å². The van der Waals surface area contributed by atoms with E-state index in [0.717, 1.165) is 19.4 Å². The van der Waals surface area contributed by atoms with Crippen molar-refractivity contribution in [2.75, 3.05) is 27.3 Å². The Labute approximate surface area is 276 Å². The van der Waals surface area contributed by atoms with Crippen LogP contribution in [0.3, 0.4) is 0 Å². The first kappa shape index (κ1) is 32.2. The van der Waals surface area contributed by atoms with E-state index >= 15 is 0 Å². The molecule has 7 fully saturated rings. The third-order valence-corrected chi connectivity index (χ3v) is 14.5. The molecule has 3 saturated heterocycles. The number of carbonyl (C=O) groups excluding carboxylic acids is 1. The molecule has 7 aliphatic rings. The number of nitrogens with zero attached hydrogens (tertiary/aromatic N) is 1. The van der Waals surface area contributed by atoms with Gasteiger partial charge in [-0.3, -0.25) is 4.90 Å². The van der Waals surface area contributed by atoms with Gasteiger partial charge in [0.2, 0.25) is 5.79 Å². The Morgan fingerprint density at radius 2 is 1.72 bits per heavy atom. The predicted molar refractivity (Wildman–Crippen MR) is 168 cm³/mol. The topological polar surface area (TPSA) is 158 Å². The maximum absolute atomic E-state index is 13.5. The number of carbonyl (C=O) groups is 1. The highest BCUT2D eigenvalue weighted by Gasteiger charge is 2.85. The zero-order valence-corrected chi connectivity index (χ0v) is 28.1. The van der Waals surface area contributed by atoms with Gasteiger partial charge >= 0.3 is 5.97 Å². The summed E-state index contributed by atoms with van der Waals surface area (Å²) in [6, 6.07) is 4.69.